The van der Waals surface area contributed by atoms with Crippen molar-refractivity contribution in [2.24, 2.45) is 50.9 Å². The van der Waals surface area contributed by atoms with Crippen LogP contribution in [0.5, 0.6) is 0 Å². The maximum absolute atomic E-state index is 13.4. The van der Waals surface area contributed by atoms with Crippen molar-refractivity contribution in [2.75, 3.05) is 33.5 Å². The summed E-state index contributed by atoms with van der Waals surface area (Å²) in [5.74, 6) is -5.89. The first-order valence-electron chi connectivity index (χ1n) is 47.0. The number of esters is 1. The summed E-state index contributed by atoms with van der Waals surface area (Å²) < 4.78 is 259. The molecule has 0 aliphatic carbocycles. The zero-order valence-electron chi connectivity index (χ0n) is 81.5. The third kappa shape index (κ3) is 30.7. The molecule has 8 aliphatic rings. The Morgan fingerprint density at radius 2 is 0.561 bits per heavy atom. The highest BCUT2D eigenvalue weighted by Crippen LogP contribution is 2.47. The standard InChI is InChI=1S/C90H121N9O46S3/c1-45-46(2)83(114-11)127-60(41-119-82(100)59-35-25-16-26-36-59)67(45)131-88-79(139-143-102)75(116-38-56-29-19-13-20-30-56)72(52(8)124-88)135-85-65(95-98-92)49(5)69(62(129-85)43-121-147(108,109)110)133-90-81(141-145-104)77(118-40-58-33-23-15-24-34-58)74(54(10)126-90)137-86-66(96-99-93)50(6)70(63(130-86)44-122-148(111,112)113)134-89-80(140-144-103)76(117-39-57-31-21-14-22-32-57)73(53(9)125-89)136-84-64(94-97-91)48(4)68(61(128-84)42-120-146(105,106)107)132-87-78(138-142-101)71(47(3)51(7)123-87)115-37-55-27-17-12-18-28-55/h12-36,45-54,60-81,83-90,101-104H,37-44H2,1-11H3,(H,105,106,107)(H,108,109,110)(H,111,112,113)/t45-,46?,47-,48-,49-,50-,51?,52?,53?,54?,60?,61?,62?,63?,64?,65?,66?,67+,68-,69-,70+,71-,72-,73-,74-,75-,76-,77-,78?,79?,80?,81?,83+,84+,85-,86-,87+,88+,89+,90+/m1/s1. The molecule has 55 nitrogen and oxygen atoms in total. The second-order valence-corrected chi connectivity index (χ2v) is 39.7. The van der Waals surface area contributed by atoms with Gasteiger partial charge in [-0.3, -0.25) is 13.7 Å². The van der Waals surface area contributed by atoms with E-state index in [9.17, 15) is 81.3 Å². The van der Waals surface area contributed by atoms with Crippen LogP contribution in [0, 0.1) is 35.5 Å². The molecular formula is C90H121N9O46S3. The molecule has 0 bridgehead atoms. The first-order chi connectivity index (χ1) is 71.0. The molecule has 8 aliphatic heterocycles. The van der Waals surface area contributed by atoms with Crippen LogP contribution in [0.1, 0.15) is 102 Å². The van der Waals surface area contributed by atoms with Crippen LogP contribution in [0.15, 0.2) is 167 Å². The Morgan fingerprint density at radius 3 is 0.845 bits per heavy atom. The van der Waals surface area contributed by atoms with Crippen LogP contribution in [0.2, 0.25) is 0 Å². The fraction of sp³-hybridized carbons (Fsp3) is 0.656. The molecule has 0 spiro atoms. The average Bonchev–Trinajstić information content (AvgIpc) is 0.764. The van der Waals surface area contributed by atoms with Crippen molar-refractivity contribution in [1.82, 2.24) is 0 Å². The number of azide groups is 3. The molecule has 148 heavy (non-hydrogen) atoms. The number of nitrogens with zero attached hydrogens (tertiary/aromatic N) is 9. The van der Waals surface area contributed by atoms with Crippen molar-refractivity contribution in [2.45, 2.75) is 305 Å². The van der Waals surface area contributed by atoms with E-state index in [1.165, 1.54) is 48.7 Å². The van der Waals surface area contributed by atoms with E-state index in [1.54, 1.807) is 166 Å². The zero-order chi connectivity index (χ0) is 106. The third-order valence-electron chi connectivity index (χ3n) is 27.0. The molecule has 5 aromatic rings. The summed E-state index contributed by atoms with van der Waals surface area (Å²) in [7, 11) is -14.7. The molecule has 8 heterocycles. The number of carbonyl (C=O) groups excluding carboxylic acids is 1. The quantitative estimate of drug-likeness (QED) is 0.00362. The lowest BCUT2D eigenvalue weighted by Crippen LogP contribution is -2.66. The second kappa shape index (κ2) is 55.1. The van der Waals surface area contributed by atoms with Gasteiger partial charge in [-0.05, 0) is 102 Å². The fourth-order valence-corrected chi connectivity index (χ4v) is 20.1. The van der Waals surface area contributed by atoms with Crippen molar-refractivity contribution in [3.63, 3.8) is 0 Å². The predicted molar refractivity (Wildman–Crippen MR) is 491 cm³/mol. The summed E-state index contributed by atoms with van der Waals surface area (Å²) in [6, 6.07) is 37.8. The molecule has 5 aromatic carbocycles. The smallest absolute Gasteiger partial charge is 0.397 e. The molecular weight excluding hydrogens is 2040 g/mol. The Kier molecular flexibility index (Phi) is 43.5. The summed E-state index contributed by atoms with van der Waals surface area (Å²) in [5, 5.41) is 70.9. The van der Waals surface area contributed by atoms with E-state index >= 15 is 0 Å². The van der Waals surface area contributed by atoms with Crippen molar-refractivity contribution < 1.29 is 216 Å². The van der Waals surface area contributed by atoms with Gasteiger partial charge in [0.2, 0.25) is 0 Å². The molecule has 40 atom stereocenters. The van der Waals surface area contributed by atoms with Gasteiger partial charge >= 0.3 is 37.2 Å². The molecule has 820 valence electrons. The summed E-state index contributed by atoms with van der Waals surface area (Å²) in [5.41, 5.74) is 34.0. The normalized spacial score (nSPS) is 36.9. The minimum atomic E-state index is -5.46. The van der Waals surface area contributed by atoms with E-state index in [-0.39, 0.29) is 44.5 Å². The van der Waals surface area contributed by atoms with Gasteiger partial charge in [-0.25, -0.2) is 38.4 Å². The fourth-order valence-electron chi connectivity index (χ4n) is 19.1. The average molecular weight is 2160 g/mol. The maximum Gasteiger partial charge on any atom is 0.397 e. The number of benzene rings is 5. The SMILES string of the molecule is CO[C@H]1OC(COC(=O)c2ccccc2)[C@@H](O[C@@H]2OC(C)[C@@H](O[C@H]3OC(COS(=O)(=O)O)[C@H](O[C@@H]4OC(C)[C@@H](O[C@H]5OC(COS(=O)(=O)O)[C@@H](O[C@@H]6OC(C)[C@@H](O[C@@H]7OC(COS(=O)(=O)O)[C@H](O[C@@H]8OC(C)[C@@H](C)[C@@H](OCc9ccccc9)C8OOO)[C@H](C)C7N=[N+]=[N-])[C@@H](OCc7ccccc7)C6OOO)[C@H](C)C5N=[N+]=[N-])[C@@H](OCc5ccccc5)C4OOO)[C@H](C)C3N=[N+]=[N-])[C@@H](OCc3ccccc3)C2OOO)[C@H](C)C1C. The van der Waals surface area contributed by atoms with Crippen molar-refractivity contribution in [1.29, 1.82) is 0 Å². The first-order valence-corrected chi connectivity index (χ1v) is 51.1. The minimum Gasteiger partial charge on any atom is -0.459 e. The van der Waals surface area contributed by atoms with E-state index in [0.29, 0.717) is 16.7 Å². The van der Waals surface area contributed by atoms with Gasteiger partial charge in [-0.1, -0.05) is 217 Å². The van der Waals surface area contributed by atoms with Crippen LogP contribution in [0.25, 0.3) is 31.3 Å². The van der Waals surface area contributed by atoms with Crippen LogP contribution < -0.4 is 0 Å². The van der Waals surface area contributed by atoms with Gasteiger partial charge in [-0.15, -0.1) is 0 Å². The Hall–Kier alpha value is -8.17. The minimum absolute atomic E-state index is 0.0252. The molecule has 7 N–H and O–H groups in total. The molecule has 0 saturated carbocycles. The zero-order valence-corrected chi connectivity index (χ0v) is 83.9. The Labute approximate surface area is 849 Å². The Balaban J connectivity index is 0.777. The van der Waals surface area contributed by atoms with Crippen molar-refractivity contribution in [3.8, 4) is 0 Å². The number of hydrogen-bond donors (Lipinski definition) is 7. The molecule has 8 fully saturated rings. The highest BCUT2D eigenvalue weighted by atomic mass is 32.3. The predicted octanol–water partition coefficient (Wildman–Crippen LogP) is 9.88. The van der Waals surface area contributed by atoms with E-state index in [1.807, 2.05) is 13.8 Å². The van der Waals surface area contributed by atoms with Crippen LogP contribution in [0.3, 0.4) is 0 Å². The van der Waals surface area contributed by atoms with Crippen molar-refractivity contribution >= 4 is 37.2 Å². The molecule has 0 aromatic heterocycles. The summed E-state index contributed by atoms with van der Waals surface area (Å²) in [4.78, 5) is 44.9. The van der Waals surface area contributed by atoms with Gasteiger partial charge in [0.25, 0.3) is 0 Å². The van der Waals surface area contributed by atoms with E-state index in [0.717, 1.165) is 5.56 Å². The summed E-state index contributed by atoms with van der Waals surface area (Å²) >= 11 is 0. The highest BCUT2D eigenvalue weighted by molar-refractivity contribution is 7.81. The summed E-state index contributed by atoms with van der Waals surface area (Å²) in [6.07, 6.45) is -48.4. The lowest BCUT2D eigenvalue weighted by atomic mass is 9.84. The molecule has 13 rings (SSSR count). The van der Waals surface area contributed by atoms with Gasteiger partial charge in [-0.2, -0.15) is 44.8 Å². The topological polar surface area (TPSA) is 703 Å². The van der Waals surface area contributed by atoms with E-state index in [2.05, 4.69) is 50.2 Å². The maximum atomic E-state index is 13.4. The van der Waals surface area contributed by atoms with Crippen molar-refractivity contribution in [3.05, 3.63) is 211 Å². The molecule has 0 radical (unpaired) electrons. The third-order valence-corrected chi connectivity index (χ3v) is 28.3. The van der Waals surface area contributed by atoms with Gasteiger partial charge in [0.15, 0.2) is 74.7 Å². The van der Waals surface area contributed by atoms with Crippen LogP contribution in [-0.2, 0) is 209 Å². The second-order valence-electron chi connectivity index (χ2n) is 36.4. The monoisotopic (exact) mass is 2160 g/mol. The van der Waals surface area contributed by atoms with Gasteiger partial charge in [0, 0.05) is 33.7 Å². The highest BCUT2D eigenvalue weighted by Gasteiger charge is 2.62. The van der Waals surface area contributed by atoms with E-state index in [4.69, 9.17) is 132 Å². The number of methoxy groups -OCH3 is 1. The number of hydrogen-bond acceptors (Lipinski definition) is 46. The lowest BCUT2D eigenvalue weighted by molar-refractivity contribution is -0.537. The van der Waals surface area contributed by atoms with Gasteiger partial charge < -0.3 is 99.5 Å². The Morgan fingerprint density at radius 1 is 0.304 bits per heavy atom. The number of carbonyl (C=O) groups is 1. The number of rotatable bonds is 50. The lowest BCUT2D eigenvalue weighted by Gasteiger charge is -2.52. The summed E-state index contributed by atoms with van der Waals surface area (Å²) in [6.45, 7) is 11.2. The van der Waals surface area contributed by atoms with Gasteiger partial charge in [0.1, 0.15) is 67.6 Å². The van der Waals surface area contributed by atoms with Gasteiger partial charge in [0.05, 0.1) is 125 Å². The van der Waals surface area contributed by atoms with E-state index < -0.39 is 295 Å². The van der Waals surface area contributed by atoms with Crippen LogP contribution in [-0.4, -0.2) is 308 Å². The molecule has 58 heteroatoms. The van der Waals surface area contributed by atoms with Crippen LogP contribution >= 0.6 is 0 Å². The largest absolute Gasteiger partial charge is 0.459 e. The molecule has 0 amide bonds. The van der Waals surface area contributed by atoms with Crippen LogP contribution in [0.4, 0.5) is 0 Å². The number of ether oxygens (including phenoxy) is 21. The Bertz CT molecular complexity index is 5440. The first kappa shape index (κ1) is 117. The molecule has 8 saturated heterocycles. The molecule has 16 unspecified atom stereocenters.